The molecule has 2 heterocycles. The molecule has 0 amide bonds. The molecule has 0 N–H and O–H groups in total. The maximum absolute atomic E-state index is 11.4. The van der Waals surface area contributed by atoms with E-state index in [-0.39, 0.29) is 5.78 Å². The number of aromatic nitrogens is 2. The summed E-state index contributed by atoms with van der Waals surface area (Å²) >= 11 is 0. The molecule has 0 bridgehead atoms. The van der Waals surface area contributed by atoms with Gasteiger partial charge in [0.05, 0.1) is 22.2 Å². The van der Waals surface area contributed by atoms with E-state index in [0.29, 0.717) is 5.56 Å². The minimum absolute atomic E-state index is 0.0685. The van der Waals surface area contributed by atoms with Crippen LogP contribution in [0.2, 0.25) is 0 Å². The van der Waals surface area contributed by atoms with Crippen molar-refractivity contribution in [2.45, 2.75) is 13.8 Å². The molecule has 0 saturated heterocycles. The fraction of sp³-hybridized carbons (Fsp3) is 0.143. The average molecular weight is 224 g/mol. The normalized spacial score (nSPS) is 11.2. The fourth-order valence-corrected chi connectivity index (χ4v) is 2.16. The van der Waals surface area contributed by atoms with Crippen LogP contribution in [0.4, 0.5) is 0 Å². The quantitative estimate of drug-likeness (QED) is 0.595. The van der Waals surface area contributed by atoms with Crippen LogP contribution in [-0.4, -0.2) is 15.2 Å². The summed E-state index contributed by atoms with van der Waals surface area (Å²) in [5.74, 6) is 0.0685. The van der Waals surface area contributed by atoms with Gasteiger partial charge in [0, 0.05) is 11.8 Å². The lowest BCUT2D eigenvalue weighted by atomic mass is 10.1. The standard InChI is InChI=1S/C14H12N2O/c1-9-13-4-3-7-16(13)14-6-5-11(10(2)17)8-12(14)15-9/h3-8H,1-2H3. The number of nitrogens with zero attached hydrogens (tertiary/aromatic N) is 2. The van der Waals surface area contributed by atoms with Crippen LogP contribution in [0.25, 0.3) is 16.6 Å². The number of benzene rings is 1. The van der Waals surface area contributed by atoms with Crippen LogP contribution in [0.5, 0.6) is 0 Å². The monoisotopic (exact) mass is 224 g/mol. The number of fused-ring (bicyclic) bond motifs is 3. The van der Waals surface area contributed by atoms with Gasteiger partial charge in [-0.15, -0.1) is 0 Å². The molecule has 3 aromatic rings. The SMILES string of the molecule is CC(=O)c1ccc2c(c1)nc(C)c1cccn12. The minimum Gasteiger partial charge on any atom is -0.313 e. The number of aryl methyl sites for hydroxylation is 1. The van der Waals surface area contributed by atoms with Crippen molar-refractivity contribution in [3.63, 3.8) is 0 Å². The van der Waals surface area contributed by atoms with Crippen LogP contribution in [0.1, 0.15) is 23.0 Å². The summed E-state index contributed by atoms with van der Waals surface area (Å²) in [6, 6.07) is 9.69. The van der Waals surface area contributed by atoms with Crippen molar-refractivity contribution >= 4 is 22.3 Å². The molecule has 0 radical (unpaired) electrons. The van der Waals surface area contributed by atoms with Gasteiger partial charge in [0.15, 0.2) is 5.78 Å². The molecule has 3 rings (SSSR count). The lowest BCUT2D eigenvalue weighted by molar-refractivity contribution is 0.101. The van der Waals surface area contributed by atoms with Crippen LogP contribution in [-0.2, 0) is 0 Å². The third kappa shape index (κ3) is 1.43. The Kier molecular flexibility index (Phi) is 2.01. The van der Waals surface area contributed by atoms with Gasteiger partial charge in [-0.05, 0) is 44.2 Å². The Morgan fingerprint density at radius 2 is 2.06 bits per heavy atom. The van der Waals surface area contributed by atoms with Crippen LogP contribution >= 0.6 is 0 Å². The number of hydrogen-bond acceptors (Lipinski definition) is 2. The van der Waals surface area contributed by atoms with Gasteiger partial charge in [-0.25, -0.2) is 4.98 Å². The van der Waals surface area contributed by atoms with Gasteiger partial charge < -0.3 is 4.40 Å². The highest BCUT2D eigenvalue weighted by Gasteiger charge is 2.07. The summed E-state index contributed by atoms with van der Waals surface area (Å²) < 4.78 is 2.10. The maximum atomic E-state index is 11.4. The largest absolute Gasteiger partial charge is 0.313 e. The van der Waals surface area contributed by atoms with Crippen molar-refractivity contribution in [3.05, 3.63) is 47.8 Å². The number of carbonyl (C=O) groups excluding carboxylic acids is 1. The number of hydrogen-bond donors (Lipinski definition) is 0. The zero-order valence-corrected chi connectivity index (χ0v) is 9.77. The lowest BCUT2D eigenvalue weighted by Gasteiger charge is -2.06. The molecule has 17 heavy (non-hydrogen) atoms. The second kappa shape index (κ2) is 3.42. The molecule has 0 saturated carbocycles. The zero-order chi connectivity index (χ0) is 12.0. The van der Waals surface area contributed by atoms with Gasteiger partial charge in [0.2, 0.25) is 0 Å². The second-order valence-corrected chi connectivity index (χ2v) is 4.22. The first kappa shape index (κ1) is 10.0. The van der Waals surface area contributed by atoms with Gasteiger partial charge in [-0.1, -0.05) is 0 Å². The lowest BCUT2D eigenvalue weighted by Crippen LogP contribution is -1.97. The molecule has 0 atom stereocenters. The van der Waals surface area contributed by atoms with Crippen LogP contribution < -0.4 is 0 Å². The summed E-state index contributed by atoms with van der Waals surface area (Å²) in [5, 5.41) is 0. The number of ketones is 1. The summed E-state index contributed by atoms with van der Waals surface area (Å²) in [6.45, 7) is 3.55. The molecule has 0 aliphatic heterocycles. The highest BCUT2D eigenvalue weighted by Crippen LogP contribution is 2.19. The molecule has 3 heteroatoms. The number of Topliss-reactive ketones (excluding diaryl/α,β-unsaturated/α-hetero) is 1. The van der Waals surface area contributed by atoms with Crippen LogP contribution in [0, 0.1) is 6.92 Å². The highest BCUT2D eigenvalue weighted by atomic mass is 16.1. The molecule has 0 aliphatic rings. The van der Waals surface area contributed by atoms with Gasteiger partial charge in [0.25, 0.3) is 0 Å². The van der Waals surface area contributed by atoms with Gasteiger partial charge in [-0.3, -0.25) is 4.79 Å². The Labute approximate surface area is 98.7 Å². The first-order valence-electron chi connectivity index (χ1n) is 5.55. The second-order valence-electron chi connectivity index (χ2n) is 4.22. The summed E-state index contributed by atoms with van der Waals surface area (Å²) in [6.07, 6.45) is 2.01. The molecule has 84 valence electrons. The maximum Gasteiger partial charge on any atom is 0.159 e. The molecule has 0 unspecified atom stereocenters. The molecule has 1 aromatic carbocycles. The predicted molar refractivity (Wildman–Crippen MR) is 67.4 cm³/mol. The Balaban J connectivity index is 2.45. The Hall–Kier alpha value is -2.16. The summed E-state index contributed by atoms with van der Waals surface area (Å²) in [5.41, 5.74) is 4.67. The van der Waals surface area contributed by atoms with E-state index in [9.17, 15) is 4.79 Å². The number of rotatable bonds is 1. The molecule has 3 nitrogen and oxygen atoms in total. The van der Waals surface area contributed by atoms with Gasteiger partial charge >= 0.3 is 0 Å². The van der Waals surface area contributed by atoms with E-state index >= 15 is 0 Å². The third-order valence-corrected chi connectivity index (χ3v) is 3.05. The average Bonchev–Trinajstić information content (AvgIpc) is 2.78. The summed E-state index contributed by atoms with van der Waals surface area (Å²) in [7, 11) is 0. The van der Waals surface area contributed by atoms with Crippen molar-refractivity contribution in [1.29, 1.82) is 0 Å². The van der Waals surface area contributed by atoms with Crippen LogP contribution in [0.3, 0.4) is 0 Å². The number of carbonyl (C=O) groups is 1. The van der Waals surface area contributed by atoms with Crippen molar-refractivity contribution in [1.82, 2.24) is 9.38 Å². The van der Waals surface area contributed by atoms with E-state index in [4.69, 9.17) is 0 Å². The van der Waals surface area contributed by atoms with Crippen molar-refractivity contribution in [3.8, 4) is 0 Å². The molecular formula is C14H12N2O. The van der Waals surface area contributed by atoms with Gasteiger partial charge in [0.1, 0.15) is 0 Å². The molecule has 0 fully saturated rings. The Bertz CT molecular complexity index is 740. The third-order valence-electron chi connectivity index (χ3n) is 3.05. The van der Waals surface area contributed by atoms with Crippen molar-refractivity contribution in [2.24, 2.45) is 0 Å². The Morgan fingerprint density at radius 1 is 1.24 bits per heavy atom. The molecule has 0 aliphatic carbocycles. The molecular weight excluding hydrogens is 212 g/mol. The van der Waals surface area contributed by atoms with E-state index in [1.54, 1.807) is 6.92 Å². The smallest absolute Gasteiger partial charge is 0.159 e. The van der Waals surface area contributed by atoms with Gasteiger partial charge in [-0.2, -0.15) is 0 Å². The van der Waals surface area contributed by atoms with E-state index in [1.165, 1.54) is 0 Å². The molecule has 2 aromatic heterocycles. The topological polar surface area (TPSA) is 34.4 Å². The van der Waals surface area contributed by atoms with E-state index < -0.39 is 0 Å². The Morgan fingerprint density at radius 3 is 2.82 bits per heavy atom. The first-order valence-corrected chi connectivity index (χ1v) is 5.55. The molecule has 0 spiro atoms. The van der Waals surface area contributed by atoms with Crippen molar-refractivity contribution < 1.29 is 4.79 Å². The van der Waals surface area contributed by atoms with E-state index in [1.807, 2.05) is 43.5 Å². The van der Waals surface area contributed by atoms with E-state index in [0.717, 1.165) is 22.2 Å². The minimum atomic E-state index is 0.0685. The van der Waals surface area contributed by atoms with E-state index in [2.05, 4.69) is 9.38 Å². The van der Waals surface area contributed by atoms with Crippen molar-refractivity contribution in [2.75, 3.05) is 0 Å². The zero-order valence-electron chi connectivity index (χ0n) is 9.77. The summed E-state index contributed by atoms with van der Waals surface area (Å²) in [4.78, 5) is 15.9. The highest BCUT2D eigenvalue weighted by molar-refractivity contribution is 5.97. The van der Waals surface area contributed by atoms with Crippen LogP contribution in [0.15, 0.2) is 36.5 Å². The first-order chi connectivity index (χ1) is 8.16. The fourth-order valence-electron chi connectivity index (χ4n) is 2.16. The predicted octanol–water partition coefficient (Wildman–Crippen LogP) is 3.00.